The van der Waals surface area contributed by atoms with Crippen LogP contribution in [0.4, 0.5) is 0 Å². The predicted molar refractivity (Wildman–Crippen MR) is 120 cm³/mol. The number of nitrogens with two attached hydrogens (primary N) is 1. The van der Waals surface area contributed by atoms with Gasteiger partial charge in [-0.25, -0.2) is 13.6 Å². The summed E-state index contributed by atoms with van der Waals surface area (Å²) in [6, 6.07) is 20.0. The van der Waals surface area contributed by atoms with E-state index in [0.717, 1.165) is 23.1 Å². The lowest BCUT2D eigenvalue weighted by Crippen LogP contribution is -2.17. The van der Waals surface area contributed by atoms with Crippen molar-refractivity contribution in [3.05, 3.63) is 93.5 Å². The average Bonchev–Trinajstić information content (AvgIpc) is 2.71. The van der Waals surface area contributed by atoms with Crippen LogP contribution in [0.15, 0.2) is 71.6 Å². The lowest BCUT2D eigenvalue weighted by molar-refractivity contribution is 0.306. The van der Waals surface area contributed by atoms with Crippen LogP contribution < -0.4 is 15.2 Å². The van der Waals surface area contributed by atoms with Crippen molar-refractivity contribution in [3.63, 3.8) is 0 Å². The topological polar surface area (TPSA) is 81.4 Å². The lowest BCUT2D eigenvalue weighted by Gasteiger charge is -2.12. The Bertz CT molecular complexity index is 1070. The van der Waals surface area contributed by atoms with Gasteiger partial charge in [-0.2, -0.15) is 0 Å². The number of nitrogens with one attached hydrogen (secondary N) is 1. The van der Waals surface area contributed by atoms with E-state index in [1.54, 1.807) is 12.1 Å². The van der Waals surface area contributed by atoms with Gasteiger partial charge < -0.3 is 10.1 Å². The Kier molecular flexibility index (Phi) is 7.75. The van der Waals surface area contributed by atoms with Gasteiger partial charge in [-0.05, 0) is 53.9 Å². The van der Waals surface area contributed by atoms with E-state index < -0.39 is 10.0 Å². The Hall–Kier alpha value is -2.09. The number of primary sulfonamides is 1. The molecule has 0 fully saturated rings. The molecule has 8 heteroatoms. The first kappa shape index (κ1) is 22.6. The minimum Gasteiger partial charge on any atom is -0.486 e. The van der Waals surface area contributed by atoms with E-state index in [1.807, 2.05) is 42.5 Å². The highest BCUT2D eigenvalue weighted by atomic mass is 35.5. The third-order valence-electron chi connectivity index (χ3n) is 4.46. The van der Waals surface area contributed by atoms with Gasteiger partial charge in [0.25, 0.3) is 0 Å². The SMILES string of the molecule is NS(=O)(=O)c1ccc(CCNCc2cc(Cl)c(OCc3ccccc3)c(Cl)c2)cc1. The molecule has 0 radical (unpaired) electrons. The van der Waals surface area contributed by atoms with Crippen LogP contribution in [0.25, 0.3) is 0 Å². The molecule has 0 saturated heterocycles. The molecule has 0 heterocycles. The second kappa shape index (κ2) is 10.3. The van der Waals surface area contributed by atoms with Crippen LogP contribution in [0, 0.1) is 0 Å². The van der Waals surface area contributed by atoms with E-state index in [2.05, 4.69) is 5.32 Å². The normalized spacial score (nSPS) is 11.4. The Balaban J connectivity index is 1.51. The quantitative estimate of drug-likeness (QED) is 0.455. The van der Waals surface area contributed by atoms with Crippen molar-refractivity contribution < 1.29 is 13.2 Å². The number of hydrogen-bond acceptors (Lipinski definition) is 4. The van der Waals surface area contributed by atoms with E-state index in [4.69, 9.17) is 33.1 Å². The molecule has 3 aromatic rings. The zero-order chi connectivity index (χ0) is 21.6. The van der Waals surface area contributed by atoms with Crippen molar-refractivity contribution in [2.24, 2.45) is 5.14 Å². The molecule has 3 rings (SSSR count). The van der Waals surface area contributed by atoms with Gasteiger partial charge in [0.2, 0.25) is 10.0 Å². The van der Waals surface area contributed by atoms with E-state index in [0.29, 0.717) is 35.5 Å². The minimum atomic E-state index is -3.66. The largest absolute Gasteiger partial charge is 0.486 e. The average molecular weight is 465 g/mol. The first-order chi connectivity index (χ1) is 14.3. The fraction of sp³-hybridized carbons (Fsp3) is 0.182. The van der Waals surface area contributed by atoms with Crippen LogP contribution in [-0.4, -0.2) is 15.0 Å². The van der Waals surface area contributed by atoms with Crippen molar-refractivity contribution in [1.29, 1.82) is 0 Å². The third kappa shape index (κ3) is 6.45. The Morgan fingerprint density at radius 3 is 2.10 bits per heavy atom. The van der Waals surface area contributed by atoms with E-state index in [1.165, 1.54) is 12.1 Å². The second-order valence-electron chi connectivity index (χ2n) is 6.78. The van der Waals surface area contributed by atoms with Crippen molar-refractivity contribution in [2.75, 3.05) is 6.54 Å². The lowest BCUT2D eigenvalue weighted by atomic mass is 10.1. The summed E-state index contributed by atoms with van der Waals surface area (Å²) in [5, 5.41) is 9.36. The standard InChI is InChI=1S/C22H22Cl2N2O3S/c23-20-12-18(13-21(24)22(20)29-15-17-4-2-1-3-5-17)14-26-11-10-16-6-8-19(9-7-16)30(25,27)28/h1-9,12-13,26H,10-11,14-15H2,(H2,25,27,28). The second-order valence-corrected chi connectivity index (χ2v) is 9.15. The van der Waals surface area contributed by atoms with Gasteiger partial charge in [0.05, 0.1) is 14.9 Å². The molecule has 0 saturated carbocycles. The van der Waals surface area contributed by atoms with Crippen LogP contribution in [0.1, 0.15) is 16.7 Å². The molecule has 158 valence electrons. The summed E-state index contributed by atoms with van der Waals surface area (Å²) in [5.74, 6) is 0.473. The molecule has 0 bridgehead atoms. The van der Waals surface area contributed by atoms with Gasteiger partial charge >= 0.3 is 0 Å². The van der Waals surface area contributed by atoms with Crippen LogP contribution in [0.5, 0.6) is 5.75 Å². The first-order valence-electron chi connectivity index (χ1n) is 9.30. The van der Waals surface area contributed by atoms with Crippen molar-refractivity contribution in [1.82, 2.24) is 5.32 Å². The molecule has 3 aromatic carbocycles. The Morgan fingerprint density at radius 1 is 0.867 bits per heavy atom. The highest BCUT2D eigenvalue weighted by Crippen LogP contribution is 2.34. The molecule has 0 aliphatic rings. The minimum absolute atomic E-state index is 0.109. The van der Waals surface area contributed by atoms with Crippen molar-refractivity contribution in [2.45, 2.75) is 24.5 Å². The number of hydrogen-bond donors (Lipinski definition) is 2. The van der Waals surface area contributed by atoms with Crippen molar-refractivity contribution >= 4 is 33.2 Å². The molecule has 0 aliphatic carbocycles. The molecule has 3 N–H and O–H groups in total. The molecular weight excluding hydrogens is 443 g/mol. The number of halogens is 2. The van der Waals surface area contributed by atoms with E-state index in [9.17, 15) is 8.42 Å². The van der Waals surface area contributed by atoms with Crippen LogP contribution in [0.3, 0.4) is 0 Å². The molecule has 0 spiro atoms. The molecule has 0 aliphatic heterocycles. The first-order valence-corrected chi connectivity index (χ1v) is 11.6. The van der Waals surface area contributed by atoms with Gasteiger partial charge in [0.15, 0.2) is 5.75 Å². The van der Waals surface area contributed by atoms with E-state index in [-0.39, 0.29) is 4.90 Å². The summed E-state index contributed by atoms with van der Waals surface area (Å²) in [5.41, 5.74) is 2.99. The van der Waals surface area contributed by atoms with E-state index >= 15 is 0 Å². The molecule has 0 atom stereocenters. The molecule has 30 heavy (non-hydrogen) atoms. The van der Waals surface area contributed by atoms with Gasteiger partial charge in [-0.15, -0.1) is 0 Å². The van der Waals surface area contributed by atoms with Crippen molar-refractivity contribution in [3.8, 4) is 5.75 Å². The predicted octanol–water partition coefficient (Wildman–Crippen LogP) is 4.55. The number of benzene rings is 3. The van der Waals surface area contributed by atoms with Gasteiger partial charge in [-0.3, -0.25) is 0 Å². The molecule has 0 amide bonds. The third-order valence-corrected chi connectivity index (χ3v) is 5.95. The molecule has 0 unspecified atom stereocenters. The van der Waals surface area contributed by atoms with Crippen LogP contribution >= 0.6 is 23.2 Å². The fourth-order valence-electron chi connectivity index (χ4n) is 2.89. The highest BCUT2D eigenvalue weighted by molar-refractivity contribution is 7.89. The maximum atomic E-state index is 11.3. The molecule has 5 nitrogen and oxygen atoms in total. The zero-order valence-electron chi connectivity index (χ0n) is 16.1. The Labute approximate surface area is 186 Å². The molecule has 0 aromatic heterocycles. The summed E-state index contributed by atoms with van der Waals surface area (Å²) >= 11 is 12.7. The Morgan fingerprint density at radius 2 is 1.50 bits per heavy atom. The smallest absolute Gasteiger partial charge is 0.238 e. The van der Waals surface area contributed by atoms with Gasteiger partial charge in [-0.1, -0.05) is 65.7 Å². The summed E-state index contributed by atoms with van der Waals surface area (Å²) in [6.07, 6.45) is 0.741. The number of rotatable bonds is 9. The van der Waals surface area contributed by atoms with Crippen LogP contribution in [0.2, 0.25) is 10.0 Å². The summed E-state index contributed by atoms with van der Waals surface area (Å²) in [7, 11) is -3.66. The fourth-order valence-corrected chi connectivity index (χ4v) is 4.05. The summed E-state index contributed by atoms with van der Waals surface area (Å²) in [6.45, 7) is 1.69. The molecular formula is C22H22Cl2N2O3S. The van der Waals surface area contributed by atoms with Gasteiger partial charge in [0, 0.05) is 6.54 Å². The zero-order valence-corrected chi connectivity index (χ0v) is 18.5. The maximum absolute atomic E-state index is 11.3. The number of sulfonamides is 1. The number of ether oxygens (including phenoxy) is 1. The van der Waals surface area contributed by atoms with Crippen LogP contribution in [-0.2, 0) is 29.6 Å². The monoisotopic (exact) mass is 464 g/mol. The maximum Gasteiger partial charge on any atom is 0.238 e. The van der Waals surface area contributed by atoms with Gasteiger partial charge in [0.1, 0.15) is 6.61 Å². The highest BCUT2D eigenvalue weighted by Gasteiger charge is 2.10. The summed E-state index contributed by atoms with van der Waals surface area (Å²) < 4.78 is 28.4. The summed E-state index contributed by atoms with van der Waals surface area (Å²) in [4.78, 5) is 0.109.